The van der Waals surface area contributed by atoms with E-state index in [0.29, 0.717) is 6.42 Å². The third-order valence-electron chi connectivity index (χ3n) is 5.79. The molecule has 0 aliphatic carbocycles. The molecular weight excluding hydrogens is 368 g/mol. The Morgan fingerprint density at radius 2 is 1.72 bits per heavy atom. The van der Waals surface area contributed by atoms with Crippen molar-refractivity contribution in [1.82, 2.24) is 0 Å². The van der Waals surface area contributed by atoms with Crippen molar-refractivity contribution in [3.05, 3.63) is 42.0 Å². The molecule has 1 aromatic carbocycles. The van der Waals surface area contributed by atoms with Crippen LogP contribution in [0.4, 0.5) is 0 Å². The Balaban J connectivity index is 1.90. The molecule has 2 atom stereocenters. The molecule has 5 heteroatoms. The van der Waals surface area contributed by atoms with Crippen molar-refractivity contribution >= 4 is 11.9 Å². The molecule has 29 heavy (non-hydrogen) atoms. The zero-order chi connectivity index (χ0) is 21.3. The lowest BCUT2D eigenvalue weighted by molar-refractivity contribution is -0.158. The molecule has 0 saturated carbocycles. The summed E-state index contributed by atoms with van der Waals surface area (Å²) < 4.78 is 16.2. The van der Waals surface area contributed by atoms with Gasteiger partial charge in [-0.3, -0.25) is 4.79 Å². The normalized spacial score (nSPS) is 21.1. The van der Waals surface area contributed by atoms with Gasteiger partial charge in [0.1, 0.15) is 23.9 Å². The third-order valence-corrected chi connectivity index (χ3v) is 5.79. The third kappa shape index (κ3) is 5.84. The molecule has 1 fully saturated rings. The Hall–Kier alpha value is -2.30. The van der Waals surface area contributed by atoms with Gasteiger partial charge in [0, 0.05) is 0 Å². The number of rotatable bonds is 12. The molecule has 0 amide bonds. The second-order valence-corrected chi connectivity index (χ2v) is 7.91. The van der Waals surface area contributed by atoms with Crippen molar-refractivity contribution in [2.45, 2.75) is 77.9 Å². The van der Waals surface area contributed by atoms with E-state index in [-0.39, 0.29) is 12.2 Å². The minimum Gasteiger partial charge on any atom is -0.497 e. The fourth-order valence-corrected chi connectivity index (χ4v) is 3.63. The Kier molecular flexibility index (Phi) is 8.74. The topological polar surface area (TPSA) is 61.8 Å². The van der Waals surface area contributed by atoms with E-state index in [2.05, 4.69) is 13.5 Å². The molecule has 2 rings (SSSR count). The highest BCUT2D eigenvalue weighted by molar-refractivity contribution is 6.00. The van der Waals surface area contributed by atoms with Crippen molar-refractivity contribution in [2.75, 3.05) is 7.11 Å². The van der Waals surface area contributed by atoms with Crippen LogP contribution < -0.4 is 4.74 Å². The average Bonchev–Trinajstić information content (AvgIpc) is 2.96. The highest BCUT2D eigenvalue weighted by Crippen LogP contribution is 2.42. The molecule has 0 radical (unpaired) electrons. The Morgan fingerprint density at radius 3 is 2.34 bits per heavy atom. The minimum absolute atomic E-state index is 0.129. The highest BCUT2D eigenvalue weighted by Gasteiger charge is 2.55. The summed E-state index contributed by atoms with van der Waals surface area (Å²) in [5.41, 5.74) is -0.0985. The largest absolute Gasteiger partial charge is 0.497 e. The lowest BCUT2D eigenvalue weighted by atomic mass is 9.78. The number of unbranched alkanes of at least 4 members (excludes halogenated alkanes) is 6. The van der Waals surface area contributed by atoms with Crippen LogP contribution in [0.25, 0.3) is 0 Å². The van der Waals surface area contributed by atoms with Crippen LogP contribution in [0.5, 0.6) is 5.75 Å². The SMILES string of the molecule is C=C1C(=O)O[C@@H](CCCCCCCCC)[C@@]1(C)C(=O)OCc1ccc(OC)cc1. The second-order valence-electron chi connectivity index (χ2n) is 7.91. The number of carbonyl (C=O) groups is 2. The predicted octanol–water partition coefficient (Wildman–Crippen LogP) is 5.37. The van der Waals surface area contributed by atoms with Gasteiger partial charge < -0.3 is 14.2 Å². The van der Waals surface area contributed by atoms with Gasteiger partial charge in [-0.1, -0.05) is 64.2 Å². The van der Waals surface area contributed by atoms with E-state index in [1.165, 1.54) is 32.1 Å². The van der Waals surface area contributed by atoms with Gasteiger partial charge in [-0.15, -0.1) is 0 Å². The molecule has 1 aliphatic rings. The van der Waals surface area contributed by atoms with E-state index in [1.807, 2.05) is 24.3 Å². The first-order chi connectivity index (χ1) is 13.9. The summed E-state index contributed by atoms with van der Waals surface area (Å²) in [5, 5.41) is 0. The number of carbonyl (C=O) groups excluding carboxylic acids is 2. The summed E-state index contributed by atoms with van der Waals surface area (Å²) in [7, 11) is 1.60. The molecule has 0 N–H and O–H groups in total. The number of benzene rings is 1. The quantitative estimate of drug-likeness (QED) is 0.267. The molecule has 160 valence electrons. The second kappa shape index (κ2) is 11.0. The van der Waals surface area contributed by atoms with E-state index < -0.39 is 23.5 Å². The Bertz CT molecular complexity index is 694. The van der Waals surface area contributed by atoms with E-state index in [4.69, 9.17) is 14.2 Å². The number of cyclic esters (lactones) is 1. The van der Waals surface area contributed by atoms with Gasteiger partial charge in [-0.25, -0.2) is 4.79 Å². The zero-order valence-electron chi connectivity index (χ0n) is 18.0. The summed E-state index contributed by atoms with van der Waals surface area (Å²) in [6, 6.07) is 7.32. The number of hydrogen-bond donors (Lipinski definition) is 0. The van der Waals surface area contributed by atoms with Crippen LogP contribution >= 0.6 is 0 Å². The Morgan fingerprint density at radius 1 is 1.10 bits per heavy atom. The molecule has 5 nitrogen and oxygen atoms in total. The van der Waals surface area contributed by atoms with Crippen LogP contribution in [-0.4, -0.2) is 25.2 Å². The van der Waals surface area contributed by atoms with Crippen molar-refractivity contribution in [3.63, 3.8) is 0 Å². The summed E-state index contributed by atoms with van der Waals surface area (Å²) in [6.45, 7) is 7.87. The monoisotopic (exact) mass is 402 g/mol. The van der Waals surface area contributed by atoms with Crippen LogP contribution in [0.2, 0.25) is 0 Å². The van der Waals surface area contributed by atoms with Crippen LogP contribution in [-0.2, 0) is 25.7 Å². The number of ether oxygens (including phenoxy) is 3. The number of esters is 2. The Labute approximate surface area is 174 Å². The van der Waals surface area contributed by atoms with Crippen molar-refractivity contribution in [2.24, 2.45) is 5.41 Å². The molecule has 1 heterocycles. The molecule has 1 aliphatic heterocycles. The van der Waals surface area contributed by atoms with E-state index in [0.717, 1.165) is 24.2 Å². The molecule has 0 unspecified atom stereocenters. The van der Waals surface area contributed by atoms with Gasteiger partial charge in [0.25, 0.3) is 0 Å². The first-order valence-corrected chi connectivity index (χ1v) is 10.6. The van der Waals surface area contributed by atoms with Crippen molar-refractivity contribution in [1.29, 1.82) is 0 Å². The van der Waals surface area contributed by atoms with Crippen LogP contribution in [0.3, 0.4) is 0 Å². The van der Waals surface area contributed by atoms with E-state index in [1.54, 1.807) is 14.0 Å². The van der Waals surface area contributed by atoms with Gasteiger partial charge >= 0.3 is 11.9 Å². The molecular formula is C24H34O5. The van der Waals surface area contributed by atoms with Crippen molar-refractivity contribution < 1.29 is 23.8 Å². The summed E-state index contributed by atoms with van der Waals surface area (Å²) in [6.07, 6.45) is 8.29. The van der Waals surface area contributed by atoms with E-state index in [9.17, 15) is 9.59 Å². The summed E-state index contributed by atoms with van der Waals surface area (Å²) >= 11 is 0. The van der Waals surface area contributed by atoms with Gasteiger partial charge in [0.15, 0.2) is 0 Å². The maximum atomic E-state index is 12.9. The maximum Gasteiger partial charge on any atom is 0.335 e. The molecule has 1 saturated heterocycles. The molecule has 0 aromatic heterocycles. The highest BCUT2D eigenvalue weighted by atomic mass is 16.6. The number of methoxy groups -OCH3 is 1. The summed E-state index contributed by atoms with van der Waals surface area (Å²) in [4.78, 5) is 25.0. The minimum atomic E-state index is -1.13. The molecule has 0 spiro atoms. The maximum absolute atomic E-state index is 12.9. The van der Waals surface area contributed by atoms with E-state index >= 15 is 0 Å². The fraction of sp³-hybridized carbons (Fsp3) is 0.583. The standard InChI is InChI=1S/C24H34O5/c1-5-6-7-8-9-10-11-12-21-24(3,18(2)22(25)29-21)23(26)28-17-19-13-15-20(27-4)16-14-19/h13-16,21H,2,5-12,17H2,1,3-4H3/t21-,24-/m0/s1. The smallest absolute Gasteiger partial charge is 0.335 e. The van der Waals surface area contributed by atoms with Gasteiger partial charge in [-0.2, -0.15) is 0 Å². The van der Waals surface area contributed by atoms with Crippen LogP contribution in [0.1, 0.15) is 70.8 Å². The fourth-order valence-electron chi connectivity index (χ4n) is 3.63. The summed E-state index contributed by atoms with van der Waals surface area (Å²) in [5.74, 6) is -0.219. The number of hydrogen-bond acceptors (Lipinski definition) is 5. The first kappa shape index (κ1) is 23.0. The van der Waals surface area contributed by atoms with Gasteiger partial charge in [-0.05, 0) is 37.5 Å². The molecule has 1 aromatic rings. The average molecular weight is 403 g/mol. The lowest BCUT2D eigenvalue weighted by Crippen LogP contribution is -2.38. The first-order valence-electron chi connectivity index (χ1n) is 10.6. The van der Waals surface area contributed by atoms with Crippen LogP contribution in [0.15, 0.2) is 36.4 Å². The van der Waals surface area contributed by atoms with Gasteiger partial charge in [0.05, 0.1) is 12.7 Å². The lowest BCUT2D eigenvalue weighted by Gasteiger charge is -2.27. The zero-order valence-corrected chi connectivity index (χ0v) is 18.0. The predicted molar refractivity (Wildman–Crippen MR) is 113 cm³/mol. The van der Waals surface area contributed by atoms with Gasteiger partial charge in [0.2, 0.25) is 0 Å². The van der Waals surface area contributed by atoms with Crippen molar-refractivity contribution in [3.8, 4) is 5.75 Å². The van der Waals surface area contributed by atoms with Crippen LogP contribution in [0, 0.1) is 5.41 Å². The molecule has 0 bridgehead atoms.